The van der Waals surface area contributed by atoms with E-state index in [0.717, 1.165) is 34.6 Å². The molecule has 4 nitrogen and oxygen atoms in total. The van der Waals surface area contributed by atoms with Crippen molar-refractivity contribution in [3.63, 3.8) is 0 Å². The molecule has 0 bridgehead atoms. The van der Waals surface area contributed by atoms with Gasteiger partial charge in [0.1, 0.15) is 5.25 Å². The Kier molecular flexibility index (Phi) is 6.53. The van der Waals surface area contributed by atoms with Crippen LogP contribution < -0.4 is 0 Å². The molecule has 0 saturated carbocycles. The van der Waals surface area contributed by atoms with Crippen molar-refractivity contribution in [2.45, 2.75) is 30.2 Å². The average Bonchev–Trinajstić information content (AvgIpc) is 3.19. The van der Waals surface area contributed by atoms with Gasteiger partial charge < -0.3 is 5.11 Å². The maximum absolute atomic E-state index is 11.9. The molecule has 0 radical (unpaired) electrons. The molecule has 4 rings (SSSR count). The second-order valence-electron chi connectivity index (χ2n) is 7.23. The van der Waals surface area contributed by atoms with Crippen molar-refractivity contribution in [1.82, 2.24) is 9.55 Å². The zero-order valence-corrected chi connectivity index (χ0v) is 18.1. The van der Waals surface area contributed by atoms with Gasteiger partial charge in [0, 0.05) is 16.8 Å². The zero-order valence-electron chi connectivity index (χ0n) is 17.3. The summed E-state index contributed by atoms with van der Waals surface area (Å²) in [7, 11) is 0. The summed E-state index contributed by atoms with van der Waals surface area (Å²) in [5.41, 5.74) is 4.80. The summed E-state index contributed by atoms with van der Waals surface area (Å²) in [5.74, 6) is -0.808. The molecule has 4 aromatic rings. The van der Waals surface area contributed by atoms with Crippen LogP contribution in [0.5, 0.6) is 0 Å². The van der Waals surface area contributed by atoms with Crippen molar-refractivity contribution in [2.75, 3.05) is 0 Å². The highest BCUT2D eigenvalue weighted by atomic mass is 32.2. The van der Waals surface area contributed by atoms with Gasteiger partial charge in [-0.1, -0.05) is 104 Å². The van der Waals surface area contributed by atoms with E-state index in [-0.39, 0.29) is 0 Å². The molecule has 5 heteroatoms. The number of hydrogen-bond acceptors (Lipinski definition) is 3. The quantitative estimate of drug-likeness (QED) is 0.323. The van der Waals surface area contributed by atoms with Gasteiger partial charge in [-0.05, 0) is 18.6 Å². The standard InChI is InChI=1S/C26H24N2O2S/c1-2-12-22(25(29)30)31-26-27-23(19-13-6-3-7-14-19)24(20-15-8-4-9-16-20)28(26)21-17-10-5-11-18-21/h3-11,13-18,22H,2,12H2,1H3,(H,29,30). The number of hydrogen-bond donors (Lipinski definition) is 1. The van der Waals surface area contributed by atoms with E-state index in [0.29, 0.717) is 11.6 Å². The summed E-state index contributed by atoms with van der Waals surface area (Å²) in [4.78, 5) is 16.9. The van der Waals surface area contributed by atoms with Gasteiger partial charge in [0.05, 0.1) is 11.4 Å². The van der Waals surface area contributed by atoms with E-state index in [1.54, 1.807) is 0 Å². The molecule has 156 valence electrons. The van der Waals surface area contributed by atoms with Crippen molar-refractivity contribution in [3.05, 3.63) is 91.0 Å². The van der Waals surface area contributed by atoms with Gasteiger partial charge in [-0.3, -0.25) is 9.36 Å². The number of carboxylic acid groups (broad SMARTS) is 1. The molecule has 1 heterocycles. The second-order valence-corrected chi connectivity index (χ2v) is 8.40. The first-order valence-corrected chi connectivity index (χ1v) is 11.3. The highest BCUT2D eigenvalue weighted by Gasteiger charge is 2.26. The van der Waals surface area contributed by atoms with Crippen LogP contribution in [0.4, 0.5) is 0 Å². The Morgan fingerprint density at radius 3 is 2.00 bits per heavy atom. The van der Waals surface area contributed by atoms with E-state index in [1.165, 1.54) is 11.8 Å². The fourth-order valence-electron chi connectivity index (χ4n) is 3.58. The van der Waals surface area contributed by atoms with Crippen molar-refractivity contribution in [3.8, 4) is 28.2 Å². The predicted octanol–water partition coefficient (Wildman–Crippen LogP) is 6.55. The van der Waals surface area contributed by atoms with Gasteiger partial charge in [-0.2, -0.15) is 0 Å². The van der Waals surface area contributed by atoms with Crippen LogP contribution in [0.3, 0.4) is 0 Å². The summed E-state index contributed by atoms with van der Waals surface area (Å²) in [5, 5.41) is 9.91. The normalized spacial score (nSPS) is 11.9. The van der Waals surface area contributed by atoms with Gasteiger partial charge in [-0.25, -0.2) is 4.98 Å². The summed E-state index contributed by atoms with van der Waals surface area (Å²) < 4.78 is 2.09. The van der Waals surface area contributed by atoms with Crippen LogP contribution in [0.1, 0.15) is 19.8 Å². The highest BCUT2D eigenvalue weighted by molar-refractivity contribution is 8.00. The van der Waals surface area contributed by atoms with Gasteiger partial charge in [0.25, 0.3) is 0 Å². The van der Waals surface area contributed by atoms with E-state index < -0.39 is 11.2 Å². The molecular weight excluding hydrogens is 404 g/mol. The molecular formula is C26H24N2O2S. The number of imidazole rings is 1. The number of para-hydroxylation sites is 1. The Morgan fingerprint density at radius 1 is 0.903 bits per heavy atom. The molecule has 0 aliphatic heterocycles. The Bertz CT molecular complexity index is 1140. The van der Waals surface area contributed by atoms with E-state index >= 15 is 0 Å². The molecule has 0 amide bonds. The van der Waals surface area contributed by atoms with Crippen LogP contribution in [-0.2, 0) is 4.79 Å². The highest BCUT2D eigenvalue weighted by Crippen LogP contribution is 2.39. The molecule has 1 atom stereocenters. The SMILES string of the molecule is CCCC(Sc1nc(-c2ccccc2)c(-c2ccccc2)n1-c1ccccc1)C(=O)O. The van der Waals surface area contributed by atoms with Crippen LogP contribution in [0, 0.1) is 0 Å². The van der Waals surface area contributed by atoms with E-state index in [4.69, 9.17) is 4.98 Å². The second kappa shape index (κ2) is 9.67. The van der Waals surface area contributed by atoms with Gasteiger partial charge in [-0.15, -0.1) is 0 Å². The molecule has 0 fully saturated rings. The van der Waals surface area contributed by atoms with Gasteiger partial charge in [0.15, 0.2) is 5.16 Å². The third-order valence-corrected chi connectivity index (χ3v) is 6.24. The van der Waals surface area contributed by atoms with Crippen LogP contribution in [0.15, 0.2) is 96.2 Å². The number of nitrogens with zero attached hydrogens (tertiary/aromatic N) is 2. The lowest BCUT2D eigenvalue weighted by molar-refractivity contribution is -0.136. The molecule has 0 spiro atoms. The average molecular weight is 429 g/mol. The largest absolute Gasteiger partial charge is 0.480 e. The maximum atomic E-state index is 11.9. The molecule has 0 aliphatic rings. The minimum atomic E-state index is -0.808. The number of carboxylic acids is 1. The van der Waals surface area contributed by atoms with E-state index in [9.17, 15) is 9.90 Å². The molecule has 1 N–H and O–H groups in total. The van der Waals surface area contributed by atoms with Crippen molar-refractivity contribution in [2.24, 2.45) is 0 Å². The van der Waals surface area contributed by atoms with Gasteiger partial charge >= 0.3 is 5.97 Å². The predicted molar refractivity (Wildman–Crippen MR) is 127 cm³/mol. The lowest BCUT2D eigenvalue weighted by Gasteiger charge is -2.15. The van der Waals surface area contributed by atoms with E-state index in [2.05, 4.69) is 16.7 Å². The minimum Gasteiger partial charge on any atom is -0.480 e. The fourth-order valence-corrected chi connectivity index (χ4v) is 4.73. The molecule has 1 aromatic heterocycles. The monoisotopic (exact) mass is 428 g/mol. The van der Waals surface area contributed by atoms with Crippen molar-refractivity contribution < 1.29 is 9.90 Å². The number of aliphatic carboxylic acids is 1. The summed E-state index contributed by atoms with van der Waals surface area (Å²) in [6.45, 7) is 2.00. The minimum absolute atomic E-state index is 0.554. The topological polar surface area (TPSA) is 55.1 Å². The van der Waals surface area contributed by atoms with Crippen molar-refractivity contribution in [1.29, 1.82) is 0 Å². The van der Waals surface area contributed by atoms with Gasteiger partial charge in [0.2, 0.25) is 0 Å². The fraction of sp³-hybridized carbons (Fsp3) is 0.154. The number of rotatable bonds is 8. The molecule has 0 aliphatic carbocycles. The first kappa shape index (κ1) is 20.9. The number of carbonyl (C=O) groups is 1. The number of benzene rings is 3. The molecule has 3 aromatic carbocycles. The third kappa shape index (κ3) is 4.57. The molecule has 31 heavy (non-hydrogen) atoms. The Balaban J connectivity index is 1.98. The van der Waals surface area contributed by atoms with Crippen LogP contribution in [0.25, 0.3) is 28.2 Å². The Morgan fingerprint density at radius 2 is 1.45 bits per heavy atom. The van der Waals surface area contributed by atoms with E-state index in [1.807, 2.05) is 85.8 Å². The molecule has 0 saturated heterocycles. The van der Waals surface area contributed by atoms with Crippen LogP contribution in [0.2, 0.25) is 0 Å². The Labute approximate surface area is 186 Å². The summed E-state index contributed by atoms with van der Waals surface area (Å²) in [6, 6.07) is 30.2. The van der Waals surface area contributed by atoms with Crippen molar-refractivity contribution >= 4 is 17.7 Å². The number of aromatic nitrogens is 2. The first-order chi connectivity index (χ1) is 15.2. The molecule has 1 unspecified atom stereocenters. The zero-order chi connectivity index (χ0) is 21.6. The van der Waals surface area contributed by atoms with Crippen LogP contribution in [-0.4, -0.2) is 25.9 Å². The van der Waals surface area contributed by atoms with Crippen LogP contribution >= 0.6 is 11.8 Å². The third-order valence-electron chi connectivity index (χ3n) is 5.03. The maximum Gasteiger partial charge on any atom is 0.317 e. The lowest BCUT2D eigenvalue weighted by atomic mass is 10.0. The smallest absolute Gasteiger partial charge is 0.317 e. The summed E-state index contributed by atoms with van der Waals surface area (Å²) >= 11 is 1.32. The summed E-state index contributed by atoms with van der Waals surface area (Å²) in [6.07, 6.45) is 1.39. The number of thioether (sulfide) groups is 1. The Hall–Kier alpha value is -3.31. The first-order valence-electron chi connectivity index (χ1n) is 10.4. The lowest BCUT2D eigenvalue weighted by Crippen LogP contribution is -2.16.